The molecule has 4 rings (SSSR count). The van der Waals surface area contributed by atoms with Crippen LogP contribution in [0.15, 0.2) is 11.6 Å². The van der Waals surface area contributed by atoms with Crippen LogP contribution in [0.3, 0.4) is 0 Å². The highest BCUT2D eigenvalue weighted by atomic mass is 31.2. The van der Waals surface area contributed by atoms with Crippen LogP contribution in [0.4, 0.5) is 4.79 Å². The molecule has 9 atom stereocenters. The topological polar surface area (TPSA) is 121 Å². The predicted molar refractivity (Wildman–Crippen MR) is 185 cm³/mol. The summed E-state index contributed by atoms with van der Waals surface area (Å²) in [6.45, 7) is 13.4. The van der Waals surface area contributed by atoms with Crippen LogP contribution >= 0.6 is 7.82 Å². The molecule has 2 unspecified atom stereocenters. The fourth-order valence-electron chi connectivity index (χ4n) is 9.93. The Labute approximate surface area is 286 Å². The minimum Gasteiger partial charge on any atom is -0.870 e. The van der Waals surface area contributed by atoms with Crippen molar-refractivity contribution in [1.82, 2.24) is 0 Å². The number of hydrogen-bond donors (Lipinski definition) is 1. The van der Waals surface area contributed by atoms with Gasteiger partial charge in [0.2, 0.25) is 0 Å². The third-order valence-corrected chi connectivity index (χ3v) is 13.6. The average molecular weight is 686 g/mol. The number of nitrogens with zero attached hydrogens (tertiary/aromatic N) is 1. The molecule has 0 aromatic rings. The minimum absolute atomic E-state index is 0. The molecule has 0 aliphatic heterocycles. The number of ether oxygens (including phenoxy) is 2. The Hall–Kier alpha value is -0.960. The molecular weight excluding hydrogens is 617 g/mol. The molecule has 0 bridgehead atoms. The molecule has 0 amide bonds. The second-order valence-corrected chi connectivity index (χ2v) is 18.7. The number of likely N-dealkylation sites (N-methyl/N-ethyl adjacent to an activating group) is 1. The van der Waals surface area contributed by atoms with E-state index in [1.807, 2.05) is 21.1 Å². The van der Waals surface area contributed by atoms with Crippen LogP contribution in [-0.2, 0) is 23.1 Å². The Morgan fingerprint density at radius 2 is 1.66 bits per heavy atom. The molecule has 10 heteroatoms. The fraction of sp³-hybridized carbons (Fsp3) is 0.919. The lowest BCUT2D eigenvalue weighted by molar-refractivity contribution is -0.870. The molecule has 4 aliphatic carbocycles. The molecule has 0 spiro atoms. The van der Waals surface area contributed by atoms with Crippen molar-refractivity contribution in [1.29, 1.82) is 0 Å². The Bertz CT molecular complexity index is 1090. The van der Waals surface area contributed by atoms with E-state index in [0.717, 1.165) is 54.8 Å². The standard InChI is InChI=1S/C37H66NO7P.H2O/c1-27(2)12-11-13-28(3)32-16-17-33-31-15-14-29-26-30(18-20-36(29,4)34(31)19-21-37(32,33)5)45-35(39)42-23-9-10-24-43-46(40,41)44-25-22-38(6,7)8;/h14,27-28,30-34H,9-13,15-26H2,1-8H3;1H2/t28-,30?,31+,32-,33+,34+,36+,37-;/m1./s1. The zero-order valence-electron chi connectivity index (χ0n) is 30.9. The molecule has 47 heavy (non-hydrogen) atoms. The lowest BCUT2D eigenvalue weighted by Gasteiger charge is -2.58. The van der Waals surface area contributed by atoms with Gasteiger partial charge >= 0.3 is 14.0 Å². The van der Waals surface area contributed by atoms with Crippen LogP contribution in [0.1, 0.15) is 118 Å². The number of rotatable bonds is 16. The van der Waals surface area contributed by atoms with E-state index < -0.39 is 14.0 Å². The lowest BCUT2D eigenvalue weighted by atomic mass is 9.47. The maximum atomic E-state index is 12.5. The van der Waals surface area contributed by atoms with Gasteiger partial charge in [-0.2, -0.15) is 0 Å². The second kappa shape index (κ2) is 16.8. The average Bonchev–Trinajstić information content (AvgIpc) is 3.31. The van der Waals surface area contributed by atoms with Crippen molar-refractivity contribution in [2.45, 2.75) is 124 Å². The van der Waals surface area contributed by atoms with Crippen molar-refractivity contribution in [3.8, 4) is 0 Å². The number of unbranched alkanes of at least 4 members (excludes halogenated alkanes) is 1. The molecule has 0 saturated heterocycles. The molecule has 0 aromatic heterocycles. The van der Waals surface area contributed by atoms with Crippen molar-refractivity contribution >= 4 is 14.0 Å². The Morgan fingerprint density at radius 3 is 2.36 bits per heavy atom. The predicted octanol–water partition coefficient (Wildman–Crippen LogP) is 8.99. The smallest absolute Gasteiger partial charge is 0.508 e. The summed E-state index contributed by atoms with van der Waals surface area (Å²) in [4.78, 5) is 22.3. The molecule has 0 heterocycles. The summed E-state index contributed by atoms with van der Waals surface area (Å²) in [5.41, 5.74) is 2.22. The number of carbonyl (C=O) groups excluding carboxylic acids is 1. The molecule has 2 N–H and O–H groups in total. The van der Waals surface area contributed by atoms with Crippen LogP contribution in [0.25, 0.3) is 0 Å². The first-order valence-electron chi connectivity index (χ1n) is 18.5. The Morgan fingerprint density at radius 1 is 0.957 bits per heavy atom. The quantitative estimate of drug-likeness (QED) is 0.0562. The third-order valence-electron chi connectivity index (χ3n) is 12.6. The van der Waals surface area contributed by atoms with Gasteiger partial charge in [0.25, 0.3) is 0 Å². The van der Waals surface area contributed by atoms with Crippen LogP contribution in [0, 0.1) is 46.3 Å². The number of carbonyl (C=O) groups is 1. The SMILES string of the molecule is CC(C)CCC[C@@H](C)[C@H]1CC[C@H]2[C@@H]3CC=C4CC(OC(=O)OCCCCOP(=O)(O)OCC[N+](C)(C)C)CC[C@]4(C)[C@H]3CC[C@]12C.[OH-]. The number of allylic oxidation sites excluding steroid dienone is 1. The zero-order valence-corrected chi connectivity index (χ0v) is 31.8. The van der Waals surface area contributed by atoms with Crippen LogP contribution in [0.2, 0.25) is 0 Å². The largest absolute Gasteiger partial charge is 0.870 e. The van der Waals surface area contributed by atoms with Gasteiger partial charge in [-0.3, -0.25) is 9.05 Å². The van der Waals surface area contributed by atoms with E-state index >= 15 is 0 Å². The molecule has 3 fully saturated rings. The van der Waals surface area contributed by atoms with Crippen LogP contribution in [-0.4, -0.2) is 74.6 Å². The summed E-state index contributed by atoms with van der Waals surface area (Å²) in [6.07, 6.45) is 16.4. The molecule has 3 saturated carbocycles. The van der Waals surface area contributed by atoms with Gasteiger partial charge in [0.15, 0.2) is 0 Å². The molecule has 4 aliphatic rings. The van der Waals surface area contributed by atoms with Crippen LogP contribution < -0.4 is 0 Å². The minimum atomic E-state index is -4.07. The summed E-state index contributed by atoms with van der Waals surface area (Å²) in [5, 5.41) is 0. The summed E-state index contributed by atoms with van der Waals surface area (Å²) in [7, 11) is 1.88. The van der Waals surface area contributed by atoms with E-state index in [9.17, 15) is 14.3 Å². The van der Waals surface area contributed by atoms with E-state index in [1.54, 1.807) is 0 Å². The van der Waals surface area contributed by atoms with Crippen LogP contribution in [0.5, 0.6) is 0 Å². The monoisotopic (exact) mass is 685 g/mol. The molecule has 0 radical (unpaired) electrons. The number of phosphoric acid groups is 1. The molecular formula is C37H68NO8P. The summed E-state index contributed by atoms with van der Waals surface area (Å²) < 4.78 is 33.8. The van der Waals surface area contributed by atoms with Crippen molar-refractivity contribution in [2.75, 3.05) is 47.5 Å². The highest BCUT2D eigenvalue weighted by Gasteiger charge is 2.59. The normalized spacial score (nSPS) is 33.8. The van der Waals surface area contributed by atoms with Gasteiger partial charge in [-0.05, 0) is 104 Å². The molecule has 9 nitrogen and oxygen atoms in total. The van der Waals surface area contributed by atoms with E-state index in [4.69, 9.17) is 18.5 Å². The highest BCUT2D eigenvalue weighted by Crippen LogP contribution is 2.67. The van der Waals surface area contributed by atoms with Gasteiger partial charge in [0.05, 0.1) is 34.4 Å². The van der Waals surface area contributed by atoms with Crippen molar-refractivity contribution in [2.24, 2.45) is 46.3 Å². The van der Waals surface area contributed by atoms with Gasteiger partial charge in [0.1, 0.15) is 19.3 Å². The van der Waals surface area contributed by atoms with E-state index in [0.29, 0.717) is 29.3 Å². The number of phosphoric ester groups is 1. The number of fused-ring (bicyclic) bond motifs is 5. The summed E-state index contributed by atoms with van der Waals surface area (Å²) >= 11 is 0. The van der Waals surface area contributed by atoms with Gasteiger partial charge < -0.3 is 24.3 Å². The second-order valence-electron chi connectivity index (χ2n) is 17.2. The third kappa shape index (κ3) is 10.5. The Balaban J connectivity index is 0.00000600. The van der Waals surface area contributed by atoms with E-state index in [1.165, 1.54) is 56.9 Å². The summed E-state index contributed by atoms with van der Waals surface area (Å²) in [5.74, 6) is 4.89. The van der Waals surface area contributed by atoms with Gasteiger partial charge in [-0.25, -0.2) is 9.36 Å². The first kappa shape index (κ1) is 40.5. The summed E-state index contributed by atoms with van der Waals surface area (Å²) in [6, 6.07) is 0. The highest BCUT2D eigenvalue weighted by molar-refractivity contribution is 7.47. The number of quaternary nitrogens is 1. The fourth-order valence-corrected chi connectivity index (χ4v) is 10.7. The van der Waals surface area contributed by atoms with Gasteiger partial charge in [-0.1, -0.05) is 65.5 Å². The van der Waals surface area contributed by atoms with Crippen molar-refractivity contribution in [3.63, 3.8) is 0 Å². The van der Waals surface area contributed by atoms with E-state index in [-0.39, 0.29) is 36.8 Å². The van der Waals surface area contributed by atoms with Crippen molar-refractivity contribution < 1.29 is 42.7 Å². The van der Waals surface area contributed by atoms with Gasteiger partial charge in [-0.15, -0.1) is 0 Å². The maximum Gasteiger partial charge on any atom is 0.508 e. The van der Waals surface area contributed by atoms with E-state index in [2.05, 4.69) is 40.7 Å². The Kier molecular flexibility index (Phi) is 14.5. The van der Waals surface area contributed by atoms with Gasteiger partial charge in [0, 0.05) is 6.42 Å². The lowest BCUT2D eigenvalue weighted by Crippen LogP contribution is -2.51. The molecule has 0 aromatic carbocycles. The maximum absolute atomic E-state index is 12.5. The molecule has 274 valence electrons. The first-order chi connectivity index (χ1) is 21.5. The number of hydrogen-bond acceptors (Lipinski definition) is 7. The first-order valence-corrected chi connectivity index (χ1v) is 20.0. The van der Waals surface area contributed by atoms with Crippen molar-refractivity contribution in [3.05, 3.63) is 11.6 Å². The zero-order chi connectivity index (χ0) is 33.8.